The number of ether oxygens (including phenoxy) is 1. The van der Waals surface area contributed by atoms with E-state index in [1.807, 2.05) is 0 Å². The third-order valence-corrected chi connectivity index (χ3v) is 2.36. The van der Waals surface area contributed by atoms with Crippen LogP contribution in [0.5, 0.6) is 5.75 Å². The predicted octanol–water partition coefficient (Wildman–Crippen LogP) is 2.83. The Kier molecular flexibility index (Phi) is 4.11. The average molecular weight is 297 g/mol. The summed E-state index contributed by atoms with van der Waals surface area (Å²) in [6, 6.07) is 0.937. The van der Waals surface area contributed by atoms with Crippen LogP contribution < -0.4 is 4.74 Å². The fourth-order valence-corrected chi connectivity index (χ4v) is 1.52. The molecule has 0 saturated carbocycles. The second kappa shape index (κ2) is 5.15. The summed E-state index contributed by atoms with van der Waals surface area (Å²) in [7, 11) is 1.28. The number of halogens is 3. The van der Waals surface area contributed by atoms with Gasteiger partial charge >= 0.3 is 5.82 Å². The number of aromatic nitrogens is 1. The molecule has 0 amide bonds. The molecule has 0 bridgehead atoms. The van der Waals surface area contributed by atoms with Crippen molar-refractivity contribution < 1.29 is 18.4 Å². The van der Waals surface area contributed by atoms with E-state index in [1.54, 1.807) is 0 Å². The fraction of sp³-hybridized carbons (Fsp3) is 0.375. The van der Waals surface area contributed by atoms with Crippen molar-refractivity contribution in [2.45, 2.75) is 11.8 Å². The van der Waals surface area contributed by atoms with Crippen LogP contribution in [0.25, 0.3) is 0 Å². The lowest BCUT2D eigenvalue weighted by Gasteiger charge is -2.06. The van der Waals surface area contributed by atoms with Gasteiger partial charge in [-0.1, -0.05) is 15.9 Å². The third kappa shape index (κ3) is 2.43. The van der Waals surface area contributed by atoms with E-state index < -0.39 is 22.7 Å². The van der Waals surface area contributed by atoms with Crippen LogP contribution in [0.4, 0.5) is 14.6 Å². The Morgan fingerprint density at radius 2 is 2.31 bits per heavy atom. The van der Waals surface area contributed by atoms with Crippen LogP contribution in [-0.4, -0.2) is 17.0 Å². The molecule has 5 nitrogen and oxygen atoms in total. The number of pyridine rings is 1. The number of rotatable bonds is 4. The zero-order chi connectivity index (χ0) is 12.3. The third-order valence-electron chi connectivity index (χ3n) is 1.82. The minimum Gasteiger partial charge on any atom is -0.492 e. The summed E-state index contributed by atoms with van der Waals surface area (Å²) in [4.78, 5) is 13.1. The lowest BCUT2D eigenvalue weighted by molar-refractivity contribution is -0.391. The molecule has 1 heterocycles. The van der Waals surface area contributed by atoms with Gasteiger partial charge in [0.1, 0.15) is 5.56 Å². The summed E-state index contributed by atoms with van der Waals surface area (Å²) in [5, 5.41) is 10.7. The van der Waals surface area contributed by atoms with Crippen molar-refractivity contribution >= 4 is 21.7 Å². The van der Waals surface area contributed by atoms with Crippen LogP contribution in [0.1, 0.15) is 17.7 Å². The summed E-state index contributed by atoms with van der Waals surface area (Å²) in [5.41, 5.74) is -0.537. The standard InChI is InChI=1S/C8H7BrF2N2O3/c1-16-6-2-4(7(10)11)8(13(14)15)12-5(6)3-9/h2,7H,3H2,1H3. The number of hydrogen-bond acceptors (Lipinski definition) is 4. The van der Waals surface area contributed by atoms with E-state index in [9.17, 15) is 18.9 Å². The van der Waals surface area contributed by atoms with Crippen LogP contribution in [0.2, 0.25) is 0 Å². The van der Waals surface area contributed by atoms with Gasteiger partial charge in [0, 0.05) is 6.07 Å². The van der Waals surface area contributed by atoms with Gasteiger partial charge < -0.3 is 14.9 Å². The van der Waals surface area contributed by atoms with Crippen LogP contribution >= 0.6 is 15.9 Å². The molecular weight excluding hydrogens is 290 g/mol. The molecule has 0 saturated heterocycles. The molecule has 0 aliphatic carbocycles. The van der Waals surface area contributed by atoms with Crippen molar-refractivity contribution in [1.82, 2.24) is 4.98 Å². The number of methoxy groups -OCH3 is 1. The van der Waals surface area contributed by atoms with Crippen LogP contribution in [0.3, 0.4) is 0 Å². The van der Waals surface area contributed by atoms with Crippen molar-refractivity contribution in [2.75, 3.05) is 7.11 Å². The number of nitro groups is 1. The highest BCUT2D eigenvalue weighted by molar-refractivity contribution is 9.08. The zero-order valence-electron chi connectivity index (χ0n) is 8.11. The monoisotopic (exact) mass is 296 g/mol. The summed E-state index contributed by atoms with van der Waals surface area (Å²) in [6.07, 6.45) is -2.97. The highest BCUT2D eigenvalue weighted by Gasteiger charge is 2.27. The average Bonchev–Trinajstić information content (AvgIpc) is 2.26. The van der Waals surface area contributed by atoms with E-state index in [-0.39, 0.29) is 16.8 Å². The quantitative estimate of drug-likeness (QED) is 0.487. The molecule has 88 valence electrons. The normalized spacial score (nSPS) is 10.6. The van der Waals surface area contributed by atoms with Crippen molar-refractivity contribution in [3.8, 4) is 5.75 Å². The summed E-state index contributed by atoms with van der Waals surface area (Å²) in [5.74, 6) is -0.747. The van der Waals surface area contributed by atoms with E-state index in [0.717, 1.165) is 6.07 Å². The first-order valence-electron chi connectivity index (χ1n) is 4.07. The number of alkyl halides is 3. The van der Waals surface area contributed by atoms with Gasteiger partial charge in [-0.3, -0.25) is 0 Å². The van der Waals surface area contributed by atoms with E-state index in [2.05, 4.69) is 20.9 Å². The molecule has 0 aliphatic heterocycles. The predicted molar refractivity (Wildman–Crippen MR) is 55.0 cm³/mol. The van der Waals surface area contributed by atoms with Crippen LogP contribution in [0.15, 0.2) is 6.07 Å². The Balaban J connectivity index is 3.41. The molecule has 1 rings (SSSR count). The van der Waals surface area contributed by atoms with Gasteiger partial charge in [-0.25, -0.2) is 8.78 Å². The van der Waals surface area contributed by atoms with Crippen LogP contribution in [0, 0.1) is 10.1 Å². The molecule has 1 aromatic rings. The lowest BCUT2D eigenvalue weighted by Crippen LogP contribution is -2.03. The second-order valence-corrected chi connectivity index (χ2v) is 3.30. The second-order valence-electron chi connectivity index (χ2n) is 2.74. The molecule has 0 atom stereocenters. The van der Waals surface area contributed by atoms with Gasteiger partial charge in [-0.05, 0) is 9.91 Å². The molecular formula is C8H7BrF2N2O3. The Morgan fingerprint density at radius 1 is 1.69 bits per heavy atom. The van der Waals surface area contributed by atoms with Crippen molar-refractivity contribution in [1.29, 1.82) is 0 Å². The number of hydrogen-bond donors (Lipinski definition) is 0. The topological polar surface area (TPSA) is 65.3 Å². The highest BCUT2D eigenvalue weighted by atomic mass is 79.9. The first-order valence-corrected chi connectivity index (χ1v) is 5.19. The SMILES string of the molecule is COc1cc(C(F)F)c([N+](=O)[O-])nc1CBr. The summed E-state index contributed by atoms with van der Waals surface area (Å²) < 4.78 is 29.9. The zero-order valence-corrected chi connectivity index (χ0v) is 9.70. The largest absolute Gasteiger partial charge is 0.492 e. The van der Waals surface area contributed by atoms with Crippen molar-refractivity contribution in [3.63, 3.8) is 0 Å². The van der Waals surface area contributed by atoms with Gasteiger partial charge in [0.2, 0.25) is 5.69 Å². The molecule has 0 aromatic carbocycles. The molecule has 0 fully saturated rings. The highest BCUT2D eigenvalue weighted by Crippen LogP contribution is 2.32. The van der Waals surface area contributed by atoms with Crippen LogP contribution in [-0.2, 0) is 5.33 Å². The van der Waals surface area contributed by atoms with Gasteiger partial charge in [0.05, 0.1) is 12.4 Å². The molecule has 8 heteroatoms. The smallest absolute Gasteiger partial charge is 0.372 e. The molecule has 0 aliphatic rings. The number of nitrogens with zero attached hydrogens (tertiary/aromatic N) is 2. The van der Waals surface area contributed by atoms with Gasteiger partial charge in [-0.15, -0.1) is 0 Å². The first kappa shape index (κ1) is 12.8. The maximum absolute atomic E-state index is 12.5. The minimum absolute atomic E-state index is 0.0952. The lowest BCUT2D eigenvalue weighted by atomic mass is 10.2. The van der Waals surface area contributed by atoms with E-state index >= 15 is 0 Å². The van der Waals surface area contributed by atoms with Crippen molar-refractivity contribution in [2.24, 2.45) is 0 Å². The Morgan fingerprint density at radius 3 is 2.69 bits per heavy atom. The molecule has 0 spiro atoms. The molecule has 0 radical (unpaired) electrons. The van der Waals surface area contributed by atoms with Crippen molar-refractivity contribution in [3.05, 3.63) is 27.4 Å². The molecule has 0 unspecified atom stereocenters. The maximum Gasteiger partial charge on any atom is 0.372 e. The maximum atomic E-state index is 12.5. The Bertz CT molecular complexity index is 415. The van der Waals surface area contributed by atoms with E-state index in [4.69, 9.17) is 4.74 Å². The Hall–Kier alpha value is -1.31. The molecule has 0 N–H and O–H groups in total. The summed E-state index contributed by atoms with van der Waals surface area (Å²) in [6.45, 7) is 0. The van der Waals surface area contributed by atoms with Gasteiger partial charge in [-0.2, -0.15) is 0 Å². The van der Waals surface area contributed by atoms with E-state index in [0.29, 0.717) is 0 Å². The van der Waals surface area contributed by atoms with E-state index in [1.165, 1.54) is 7.11 Å². The van der Waals surface area contributed by atoms with Gasteiger partial charge in [0.25, 0.3) is 6.43 Å². The molecule has 16 heavy (non-hydrogen) atoms. The Labute approximate surface area is 97.7 Å². The first-order chi connectivity index (χ1) is 7.51. The summed E-state index contributed by atoms with van der Waals surface area (Å²) >= 11 is 3.04. The molecule has 1 aromatic heterocycles. The minimum atomic E-state index is -2.97. The van der Waals surface area contributed by atoms with Gasteiger partial charge in [0.15, 0.2) is 5.75 Å². The fourth-order valence-electron chi connectivity index (χ4n) is 1.12.